The molecule has 0 aliphatic rings. The fraction of sp³-hybridized carbons (Fsp3) is 0.786. The molecule has 0 aromatic carbocycles. The lowest BCUT2D eigenvalue weighted by atomic mass is 9.55. The molecule has 1 N–H and O–H groups in total. The van der Waals surface area contributed by atoms with Gasteiger partial charge in [0.15, 0.2) is 7.28 Å². The molecule has 0 rings (SSSR count). The van der Waals surface area contributed by atoms with Gasteiger partial charge >= 0.3 is 0 Å². The summed E-state index contributed by atoms with van der Waals surface area (Å²) >= 11 is 0. The molecule has 0 atom stereocenters. The first-order valence-corrected chi connectivity index (χ1v) is 6.38. The summed E-state index contributed by atoms with van der Waals surface area (Å²) in [6, 6.07) is 0. The molecule has 0 aromatic heterocycles. The zero-order chi connectivity index (χ0) is 14.1. The maximum absolute atomic E-state index is 9.99. The van der Waals surface area contributed by atoms with E-state index in [0.717, 1.165) is 11.8 Å². The van der Waals surface area contributed by atoms with Gasteiger partial charge in [-0.3, -0.25) is 4.99 Å². The van der Waals surface area contributed by atoms with E-state index in [4.69, 9.17) is 0 Å². The third kappa shape index (κ3) is 7.38. The van der Waals surface area contributed by atoms with Gasteiger partial charge in [-0.25, -0.2) is 0 Å². The summed E-state index contributed by atoms with van der Waals surface area (Å²) in [7, 11) is 3.88. The molecule has 0 aliphatic heterocycles. The van der Waals surface area contributed by atoms with E-state index in [2.05, 4.69) is 26.1 Å². The second-order valence-electron chi connectivity index (χ2n) is 5.03. The van der Waals surface area contributed by atoms with Crippen molar-refractivity contribution in [3.8, 4) is 0 Å². The Labute approximate surface area is 108 Å². The number of hydrogen-bond donors (Lipinski definition) is 1. The predicted molar refractivity (Wildman–Crippen MR) is 80.2 cm³/mol. The van der Waals surface area contributed by atoms with E-state index >= 15 is 0 Å². The standard InChI is InChI=1S/C12H23BNO.C2H6/c1-7-10(8-14-6)13-9-11(2,3)12(4,5)15;1-2/h7-8,15H,9H2,1-6H3;1-2H3/b10-7+,14-8?;. The first kappa shape index (κ1) is 18.8. The molecule has 0 saturated heterocycles. The molecule has 0 amide bonds. The molecule has 1 radical (unpaired) electrons. The molecule has 0 heterocycles. The van der Waals surface area contributed by atoms with Gasteiger partial charge in [-0.2, -0.15) is 0 Å². The number of hydrogen-bond acceptors (Lipinski definition) is 2. The molecule has 17 heavy (non-hydrogen) atoms. The average molecular weight is 238 g/mol. The van der Waals surface area contributed by atoms with Crippen LogP contribution in [0, 0.1) is 5.41 Å². The van der Waals surface area contributed by atoms with Gasteiger partial charge in [-0.15, -0.1) is 0 Å². The van der Waals surface area contributed by atoms with Crippen molar-refractivity contribution < 1.29 is 5.11 Å². The number of aliphatic imine (C=N–C) groups is 1. The van der Waals surface area contributed by atoms with Crippen LogP contribution in [-0.4, -0.2) is 31.2 Å². The predicted octanol–water partition coefficient (Wildman–Crippen LogP) is 3.54. The van der Waals surface area contributed by atoms with E-state index in [1.165, 1.54) is 0 Å². The van der Waals surface area contributed by atoms with Crippen LogP contribution in [0.15, 0.2) is 16.5 Å². The van der Waals surface area contributed by atoms with Crippen LogP contribution in [0.25, 0.3) is 0 Å². The van der Waals surface area contributed by atoms with E-state index in [1.807, 2.05) is 46.9 Å². The highest BCUT2D eigenvalue weighted by Gasteiger charge is 2.34. The highest BCUT2D eigenvalue weighted by atomic mass is 16.3. The van der Waals surface area contributed by atoms with Crippen molar-refractivity contribution in [2.24, 2.45) is 10.4 Å². The van der Waals surface area contributed by atoms with Crippen molar-refractivity contribution in [3.63, 3.8) is 0 Å². The lowest BCUT2D eigenvalue weighted by Gasteiger charge is -2.37. The van der Waals surface area contributed by atoms with Crippen LogP contribution in [0.2, 0.25) is 6.32 Å². The Bertz CT molecular complexity index is 249. The number of aliphatic hydroxyl groups is 1. The third-order valence-corrected chi connectivity index (χ3v) is 3.12. The van der Waals surface area contributed by atoms with Crippen LogP contribution in [-0.2, 0) is 0 Å². The van der Waals surface area contributed by atoms with Crippen LogP contribution < -0.4 is 0 Å². The second kappa shape index (κ2) is 8.51. The van der Waals surface area contributed by atoms with E-state index in [-0.39, 0.29) is 5.41 Å². The molecular formula is C14H29BNO. The minimum atomic E-state index is -0.675. The highest BCUT2D eigenvalue weighted by Crippen LogP contribution is 2.34. The second-order valence-corrected chi connectivity index (χ2v) is 5.03. The Hall–Kier alpha value is -0.565. The summed E-state index contributed by atoms with van der Waals surface area (Å²) in [6.07, 6.45) is 4.69. The van der Waals surface area contributed by atoms with Gasteiger partial charge in [0.05, 0.1) is 5.60 Å². The van der Waals surface area contributed by atoms with Crippen LogP contribution in [0.3, 0.4) is 0 Å². The van der Waals surface area contributed by atoms with Crippen molar-refractivity contribution in [1.82, 2.24) is 0 Å². The van der Waals surface area contributed by atoms with Gasteiger partial charge in [0.2, 0.25) is 0 Å². The van der Waals surface area contributed by atoms with Crippen LogP contribution >= 0.6 is 0 Å². The van der Waals surface area contributed by atoms with E-state index in [1.54, 1.807) is 7.05 Å². The lowest BCUT2D eigenvalue weighted by molar-refractivity contribution is -0.0236. The smallest absolute Gasteiger partial charge is 0.153 e. The normalized spacial score (nSPS) is 13.4. The summed E-state index contributed by atoms with van der Waals surface area (Å²) in [5, 5.41) is 9.99. The van der Waals surface area contributed by atoms with E-state index in [0.29, 0.717) is 0 Å². The molecule has 2 nitrogen and oxygen atoms in total. The van der Waals surface area contributed by atoms with Gasteiger partial charge in [-0.1, -0.05) is 45.6 Å². The Morgan fingerprint density at radius 3 is 2.00 bits per heavy atom. The van der Waals surface area contributed by atoms with Crippen molar-refractivity contribution in [2.45, 2.75) is 60.4 Å². The summed E-state index contributed by atoms with van der Waals surface area (Å²) < 4.78 is 0. The van der Waals surface area contributed by atoms with Gasteiger partial charge in [-0.05, 0) is 26.2 Å². The Morgan fingerprint density at radius 2 is 1.71 bits per heavy atom. The molecule has 99 valence electrons. The minimum absolute atomic E-state index is 0.136. The zero-order valence-electron chi connectivity index (χ0n) is 12.8. The van der Waals surface area contributed by atoms with Gasteiger partial charge in [0.1, 0.15) is 0 Å². The summed E-state index contributed by atoms with van der Waals surface area (Å²) in [6.45, 7) is 13.8. The Morgan fingerprint density at radius 1 is 1.24 bits per heavy atom. The van der Waals surface area contributed by atoms with Crippen LogP contribution in [0.4, 0.5) is 0 Å². The maximum atomic E-state index is 9.99. The molecule has 0 saturated carbocycles. The molecular weight excluding hydrogens is 209 g/mol. The molecule has 0 unspecified atom stereocenters. The Kier molecular flexibility index (Phi) is 9.41. The Balaban J connectivity index is 0. The number of allylic oxidation sites excluding steroid dienone is 2. The third-order valence-electron chi connectivity index (χ3n) is 3.12. The first-order chi connectivity index (χ1) is 7.74. The first-order valence-electron chi connectivity index (χ1n) is 6.38. The summed E-state index contributed by atoms with van der Waals surface area (Å²) in [4.78, 5) is 3.98. The van der Waals surface area contributed by atoms with Gasteiger partial charge in [0.25, 0.3) is 0 Å². The fourth-order valence-electron chi connectivity index (χ4n) is 1.02. The molecule has 0 spiro atoms. The van der Waals surface area contributed by atoms with Gasteiger partial charge < -0.3 is 5.11 Å². The van der Waals surface area contributed by atoms with Gasteiger partial charge in [0, 0.05) is 13.3 Å². The summed E-state index contributed by atoms with van der Waals surface area (Å²) in [5.74, 6) is 0. The highest BCUT2D eigenvalue weighted by molar-refractivity contribution is 6.52. The fourth-order valence-corrected chi connectivity index (χ4v) is 1.02. The summed E-state index contributed by atoms with van der Waals surface area (Å²) in [5.41, 5.74) is 0.295. The van der Waals surface area contributed by atoms with E-state index < -0.39 is 5.60 Å². The van der Waals surface area contributed by atoms with Crippen molar-refractivity contribution in [2.75, 3.05) is 7.05 Å². The van der Waals surface area contributed by atoms with Crippen molar-refractivity contribution >= 4 is 13.5 Å². The largest absolute Gasteiger partial charge is 0.390 e. The molecule has 0 bridgehead atoms. The van der Waals surface area contributed by atoms with Crippen molar-refractivity contribution in [3.05, 3.63) is 11.5 Å². The number of rotatable bonds is 5. The minimum Gasteiger partial charge on any atom is -0.390 e. The monoisotopic (exact) mass is 238 g/mol. The topological polar surface area (TPSA) is 32.6 Å². The molecule has 3 heteroatoms. The zero-order valence-corrected chi connectivity index (χ0v) is 12.8. The lowest BCUT2D eigenvalue weighted by Crippen LogP contribution is -2.39. The van der Waals surface area contributed by atoms with Crippen LogP contribution in [0.5, 0.6) is 0 Å². The van der Waals surface area contributed by atoms with Crippen LogP contribution in [0.1, 0.15) is 48.5 Å². The van der Waals surface area contributed by atoms with E-state index in [9.17, 15) is 5.11 Å². The quantitative estimate of drug-likeness (QED) is 0.576. The molecule has 0 fully saturated rings. The maximum Gasteiger partial charge on any atom is 0.153 e. The molecule has 0 aliphatic carbocycles. The number of nitrogens with zero attached hydrogens (tertiary/aromatic N) is 1. The SMILES string of the molecule is C/C=C(/[B]CC(C)(C)C(C)(C)O)C=NC.CC. The average Bonchev–Trinajstić information content (AvgIpc) is 2.25. The van der Waals surface area contributed by atoms with Crippen molar-refractivity contribution in [1.29, 1.82) is 0 Å². The molecule has 0 aromatic rings.